The van der Waals surface area contributed by atoms with Gasteiger partial charge in [0.05, 0.1) is 16.9 Å². The molecule has 0 radical (unpaired) electrons. The highest BCUT2D eigenvalue weighted by Gasteiger charge is 2.37. The first-order valence-electron chi connectivity index (χ1n) is 11.7. The summed E-state index contributed by atoms with van der Waals surface area (Å²) < 4.78 is 8.63. The first-order valence-corrected chi connectivity index (χ1v) is 11.7. The summed E-state index contributed by atoms with van der Waals surface area (Å²) in [6.07, 6.45) is 0.662. The van der Waals surface area contributed by atoms with Gasteiger partial charge in [-0.3, -0.25) is 14.2 Å². The Hall–Kier alpha value is -4.14. The largest absolute Gasteiger partial charge is 0.419 e. The van der Waals surface area contributed by atoms with Crippen LogP contribution in [0.5, 0.6) is 0 Å². The molecular formula is C26H27N5O4. The Morgan fingerprint density at radius 2 is 1.83 bits per heavy atom. The molecule has 5 rings (SSSR count). The number of carbonyl (C=O) groups excluding carboxylic acids is 2. The van der Waals surface area contributed by atoms with Crippen molar-refractivity contribution in [3.05, 3.63) is 82.1 Å². The lowest BCUT2D eigenvalue weighted by Gasteiger charge is -2.35. The van der Waals surface area contributed by atoms with Gasteiger partial charge in [0, 0.05) is 37.3 Å². The predicted molar refractivity (Wildman–Crippen MR) is 130 cm³/mol. The molecule has 3 heterocycles. The summed E-state index contributed by atoms with van der Waals surface area (Å²) in [7, 11) is 0. The number of aromatic nitrogens is 3. The van der Waals surface area contributed by atoms with Crippen molar-refractivity contribution in [2.45, 2.75) is 39.3 Å². The van der Waals surface area contributed by atoms with Crippen LogP contribution in [0.25, 0.3) is 16.8 Å². The van der Waals surface area contributed by atoms with Crippen molar-refractivity contribution in [2.75, 3.05) is 13.1 Å². The van der Waals surface area contributed by atoms with E-state index in [1.54, 1.807) is 15.5 Å². The lowest BCUT2D eigenvalue weighted by molar-refractivity contribution is -0.143. The van der Waals surface area contributed by atoms with Crippen molar-refractivity contribution < 1.29 is 14.0 Å². The van der Waals surface area contributed by atoms with Gasteiger partial charge in [-0.05, 0) is 44.5 Å². The molecule has 0 aliphatic carbocycles. The highest BCUT2D eigenvalue weighted by atomic mass is 16.4. The van der Waals surface area contributed by atoms with E-state index < -0.39 is 11.8 Å². The van der Waals surface area contributed by atoms with Crippen LogP contribution in [0.4, 0.5) is 0 Å². The number of hydrogen-bond acceptors (Lipinski definition) is 5. The average Bonchev–Trinajstić information content (AvgIpc) is 3.34. The molecule has 2 amide bonds. The molecule has 0 spiro atoms. The van der Waals surface area contributed by atoms with Gasteiger partial charge in [0.15, 0.2) is 5.58 Å². The van der Waals surface area contributed by atoms with E-state index in [0.717, 1.165) is 16.9 Å². The Morgan fingerprint density at radius 1 is 1.09 bits per heavy atom. The van der Waals surface area contributed by atoms with E-state index >= 15 is 0 Å². The maximum atomic E-state index is 13.3. The summed E-state index contributed by atoms with van der Waals surface area (Å²) in [5, 5.41) is 7.57. The molecule has 1 aliphatic rings. The number of amides is 2. The third-order valence-electron chi connectivity index (χ3n) is 6.50. The Morgan fingerprint density at radius 3 is 2.63 bits per heavy atom. The van der Waals surface area contributed by atoms with E-state index in [-0.39, 0.29) is 18.2 Å². The molecule has 1 saturated heterocycles. The zero-order valence-electron chi connectivity index (χ0n) is 19.7. The maximum Gasteiger partial charge on any atom is 0.419 e. The minimum atomic E-state index is -0.744. The van der Waals surface area contributed by atoms with Gasteiger partial charge in [-0.15, -0.1) is 0 Å². The number of fused-ring (bicyclic) bond motifs is 1. The second kappa shape index (κ2) is 9.25. The SMILES string of the molecule is Cc1nn(-c2ccccc2)c(C)c1C1C(=O)NCCN1C(=O)CCCn1c(=O)oc2ccccc21. The molecule has 180 valence electrons. The fraction of sp³-hybridized carbons (Fsp3) is 0.308. The number of carbonyl (C=O) groups is 2. The molecule has 9 heteroatoms. The molecule has 1 N–H and O–H groups in total. The van der Waals surface area contributed by atoms with Crippen LogP contribution in [-0.2, 0) is 16.1 Å². The summed E-state index contributed by atoms with van der Waals surface area (Å²) in [6.45, 7) is 4.96. The molecule has 35 heavy (non-hydrogen) atoms. The number of benzene rings is 2. The number of rotatable bonds is 6. The summed E-state index contributed by atoms with van der Waals surface area (Å²) in [6, 6.07) is 16.2. The van der Waals surface area contributed by atoms with Gasteiger partial charge < -0.3 is 14.6 Å². The molecule has 1 fully saturated rings. The van der Waals surface area contributed by atoms with E-state index in [1.807, 2.05) is 67.1 Å². The van der Waals surface area contributed by atoms with E-state index in [9.17, 15) is 14.4 Å². The molecule has 1 aliphatic heterocycles. The second-order valence-corrected chi connectivity index (χ2v) is 8.70. The Labute approximate surface area is 201 Å². The Kier molecular flexibility index (Phi) is 5.98. The fourth-order valence-electron chi connectivity index (χ4n) is 4.85. The summed E-state index contributed by atoms with van der Waals surface area (Å²) in [5.41, 5.74) is 4.41. The minimum Gasteiger partial charge on any atom is -0.408 e. The van der Waals surface area contributed by atoms with Gasteiger partial charge in [-0.25, -0.2) is 9.48 Å². The van der Waals surface area contributed by atoms with Crippen molar-refractivity contribution in [3.8, 4) is 5.69 Å². The second-order valence-electron chi connectivity index (χ2n) is 8.70. The maximum absolute atomic E-state index is 13.3. The standard InChI is InChI=1S/C26H27N5O4/c1-17-23(18(2)31(28-17)19-9-4-3-5-10-19)24-25(33)27-14-16-30(24)22(32)13-8-15-29-20-11-6-7-12-21(20)35-26(29)34/h3-7,9-12,24H,8,13-16H2,1-2H3,(H,27,33). The van der Waals surface area contributed by atoms with Gasteiger partial charge in [-0.2, -0.15) is 5.10 Å². The molecule has 0 bridgehead atoms. The molecule has 2 aromatic carbocycles. The van der Waals surface area contributed by atoms with Crippen LogP contribution in [-0.4, -0.2) is 44.2 Å². The van der Waals surface area contributed by atoms with Crippen molar-refractivity contribution >= 4 is 22.9 Å². The van der Waals surface area contributed by atoms with E-state index in [4.69, 9.17) is 4.42 Å². The third-order valence-corrected chi connectivity index (χ3v) is 6.50. The zero-order valence-corrected chi connectivity index (χ0v) is 19.7. The third kappa shape index (κ3) is 4.14. The molecular weight excluding hydrogens is 446 g/mol. The van der Waals surface area contributed by atoms with Crippen molar-refractivity contribution in [1.29, 1.82) is 0 Å². The summed E-state index contributed by atoms with van der Waals surface area (Å²) in [5.74, 6) is -0.772. The molecule has 4 aromatic rings. The lowest BCUT2D eigenvalue weighted by Crippen LogP contribution is -2.52. The molecule has 9 nitrogen and oxygen atoms in total. The van der Waals surface area contributed by atoms with Crippen LogP contribution in [0, 0.1) is 13.8 Å². The fourth-order valence-corrected chi connectivity index (χ4v) is 4.85. The van der Waals surface area contributed by atoms with Crippen LogP contribution in [0.1, 0.15) is 35.8 Å². The monoisotopic (exact) mass is 473 g/mol. The smallest absolute Gasteiger partial charge is 0.408 e. The number of aryl methyl sites for hydroxylation is 2. The van der Waals surface area contributed by atoms with Gasteiger partial charge in [0.2, 0.25) is 11.8 Å². The number of oxazole rings is 1. The predicted octanol–water partition coefficient (Wildman–Crippen LogP) is 2.88. The van der Waals surface area contributed by atoms with Gasteiger partial charge in [0.1, 0.15) is 6.04 Å². The number of hydrogen-bond donors (Lipinski definition) is 1. The van der Waals surface area contributed by atoms with Crippen LogP contribution in [0.3, 0.4) is 0 Å². The normalized spacial score (nSPS) is 16.0. The minimum absolute atomic E-state index is 0.128. The van der Waals surface area contributed by atoms with Crippen LogP contribution in [0.2, 0.25) is 0 Å². The van der Waals surface area contributed by atoms with Crippen LogP contribution >= 0.6 is 0 Å². The number of nitrogens with one attached hydrogen (secondary N) is 1. The zero-order chi connectivity index (χ0) is 24.5. The quantitative estimate of drug-likeness (QED) is 0.464. The van der Waals surface area contributed by atoms with Gasteiger partial charge in [0.25, 0.3) is 0 Å². The molecule has 2 aromatic heterocycles. The Bertz CT molecular complexity index is 1450. The number of para-hydroxylation sites is 3. The summed E-state index contributed by atoms with van der Waals surface area (Å²) >= 11 is 0. The molecule has 0 saturated carbocycles. The number of piperazine rings is 1. The Balaban J connectivity index is 1.37. The number of nitrogens with zero attached hydrogens (tertiary/aromatic N) is 4. The first kappa shape index (κ1) is 22.6. The molecule has 1 atom stereocenters. The van der Waals surface area contributed by atoms with E-state index in [0.29, 0.717) is 42.8 Å². The van der Waals surface area contributed by atoms with Crippen molar-refractivity contribution in [2.24, 2.45) is 0 Å². The topological polar surface area (TPSA) is 102 Å². The van der Waals surface area contributed by atoms with Crippen LogP contribution < -0.4 is 11.1 Å². The summed E-state index contributed by atoms with van der Waals surface area (Å²) in [4.78, 5) is 40.2. The molecule has 1 unspecified atom stereocenters. The van der Waals surface area contributed by atoms with Crippen molar-refractivity contribution in [1.82, 2.24) is 24.6 Å². The first-order chi connectivity index (χ1) is 17.0. The van der Waals surface area contributed by atoms with Crippen LogP contribution in [0.15, 0.2) is 63.8 Å². The average molecular weight is 474 g/mol. The van der Waals surface area contributed by atoms with E-state index in [2.05, 4.69) is 10.4 Å². The van der Waals surface area contributed by atoms with Gasteiger partial charge >= 0.3 is 5.76 Å². The van der Waals surface area contributed by atoms with Crippen molar-refractivity contribution in [3.63, 3.8) is 0 Å². The highest BCUT2D eigenvalue weighted by Crippen LogP contribution is 2.31. The highest BCUT2D eigenvalue weighted by molar-refractivity contribution is 5.90. The van der Waals surface area contributed by atoms with Gasteiger partial charge in [-0.1, -0.05) is 30.3 Å². The lowest BCUT2D eigenvalue weighted by atomic mass is 9.99. The van der Waals surface area contributed by atoms with E-state index in [1.165, 1.54) is 0 Å².